The number of rotatable bonds is 5. The minimum absolute atomic E-state index is 0.643. The summed E-state index contributed by atoms with van der Waals surface area (Å²) < 4.78 is 2.13. The second-order valence-corrected chi connectivity index (χ2v) is 5.25. The van der Waals surface area contributed by atoms with E-state index in [1.165, 1.54) is 10.8 Å². The average molecular weight is 307 g/mol. The van der Waals surface area contributed by atoms with Crippen molar-refractivity contribution in [2.75, 3.05) is 13.6 Å². The van der Waals surface area contributed by atoms with Crippen molar-refractivity contribution in [2.45, 2.75) is 13.1 Å². The summed E-state index contributed by atoms with van der Waals surface area (Å²) >= 11 is 0. The third-order valence-electron chi connectivity index (χ3n) is 3.73. The lowest BCUT2D eigenvalue weighted by Gasteiger charge is -2.13. The van der Waals surface area contributed by atoms with Gasteiger partial charge in [-0.05, 0) is 23.6 Å². The van der Waals surface area contributed by atoms with Gasteiger partial charge in [0.1, 0.15) is 0 Å². The number of hydrogen-bond donors (Lipinski definition) is 2. The van der Waals surface area contributed by atoms with Gasteiger partial charge in [-0.2, -0.15) is 0 Å². The number of nitrogens with zero attached hydrogens (tertiary/aromatic N) is 3. The van der Waals surface area contributed by atoms with Crippen LogP contribution in [0.4, 0.5) is 0 Å². The largest absolute Gasteiger partial charge is 0.355 e. The number of pyridine rings is 1. The Morgan fingerprint density at radius 3 is 2.74 bits per heavy atom. The van der Waals surface area contributed by atoms with Crippen molar-refractivity contribution in [3.8, 4) is 0 Å². The molecule has 0 unspecified atom stereocenters. The molecule has 0 fully saturated rings. The monoisotopic (exact) mass is 307 g/mol. The van der Waals surface area contributed by atoms with Gasteiger partial charge < -0.3 is 15.2 Å². The van der Waals surface area contributed by atoms with Crippen LogP contribution in [0.15, 0.2) is 66.0 Å². The highest BCUT2D eigenvalue weighted by atomic mass is 15.2. The van der Waals surface area contributed by atoms with Crippen LogP contribution in [0.3, 0.4) is 0 Å². The van der Waals surface area contributed by atoms with Gasteiger partial charge >= 0.3 is 0 Å². The van der Waals surface area contributed by atoms with E-state index in [1.807, 2.05) is 36.5 Å². The summed E-state index contributed by atoms with van der Waals surface area (Å²) in [5.41, 5.74) is 1.02. The predicted molar refractivity (Wildman–Crippen MR) is 94.4 cm³/mol. The SMILES string of the molecule is CN=C(NCCn1cccc1)NCc1nccc2ccccc12. The maximum atomic E-state index is 4.48. The van der Waals surface area contributed by atoms with Crippen LogP contribution in [0.1, 0.15) is 5.69 Å². The van der Waals surface area contributed by atoms with E-state index in [2.05, 4.69) is 49.7 Å². The van der Waals surface area contributed by atoms with Crippen LogP contribution >= 0.6 is 0 Å². The zero-order valence-electron chi connectivity index (χ0n) is 13.2. The normalized spacial score (nSPS) is 11.6. The third kappa shape index (κ3) is 3.88. The fourth-order valence-corrected chi connectivity index (χ4v) is 2.53. The van der Waals surface area contributed by atoms with E-state index in [4.69, 9.17) is 0 Å². The molecule has 2 aromatic heterocycles. The van der Waals surface area contributed by atoms with Gasteiger partial charge in [0.05, 0.1) is 12.2 Å². The average Bonchev–Trinajstić information content (AvgIpc) is 3.11. The molecule has 0 amide bonds. The highest BCUT2D eigenvalue weighted by Crippen LogP contribution is 2.15. The molecule has 2 heterocycles. The third-order valence-corrected chi connectivity index (χ3v) is 3.73. The number of benzene rings is 1. The van der Waals surface area contributed by atoms with E-state index in [1.54, 1.807) is 7.05 Å². The highest BCUT2D eigenvalue weighted by Gasteiger charge is 2.03. The summed E-state index contributed by atoms with van der Waals surface area (Å²) in [5, 5.41) is 9.02. The lowest BCUT2D eigenvalue weighted by Crippen LogP contribution is -2.38. The van der Waals surface area contributed by atoms with Crippen LogP contribution in [0.5, 0.6) is 0 Å². The van der Waals surface area contributed by atoms with Gasteiger partial charge in [-0.25, -0.2) is 0 Å². The van der Waals surface area contributed by atoms with Gasteiger partial charge in [0, 0.05) is 44.1 Å². The summed E-state index contributed by atoms with van der Waals surface area (Å²) in [5.74, 6) is 0.784. The topological polar surface area (TPSA) is 54.2 Å². The van der Waals surface area contributed by atoms with Crippen molar-refractivity contribution in [2.24, 2.45) is 4.99 Å². The Balaban J connectivity index is 1.57. The molecule has 0 bridgehead atoms. The lowest BCUT2D eigenvalue weighted by molar-refractivity contribution is 0.664. The zero-order chi connectivity index (χ0) is 15.9. The Morgan fingerprint density at radius 1 is 1.09 bits per heavy atom. The second kappa shape index (κ2) is 7.45. The van der Waals surface area contributed by atoms with Crippen LogP contribution in [0.2, 0.25) is 0 Å². The summed E-state index contributed by atoms with van der Waals surface area (Å²) in [6.45, 7) is 2.36. The number of nitrogens with one attached hydrogen (secondary N) is 2. The van der Waals surface area contributed by atoms with E-state index < -0.39 is 0 Å². The van der Waals surface area contributed by atoms with Crippen LogP contribution in [0, 0.1) is 0 Å². The molecule has 0 saturated heterocycles. The van der Waals surface area contributed by atoms with E-state index in [0.29, 0.717) is 6.54 Å². The fourth-order valence-electron chi connectivity index (χ4n) is 2.53. The molecule has 0 aliphatic heterocycles. The molecule has 0 aliphatic carbocycles. The fraction of sp³-hybridized carbons (Fsp3) is 0.222. The molecular formula is C18H21N5. The smallest absolute Gasteiger partial charge is 0.191 e. The molecule has 3 aromatic rings. The van der Waals surface area contributed by atoms with Crippen molar-refractivity contribution in [1.82, 2.24) is 20.2 Å². The van der Waals surface area contributed by atoms with Crippen LogP contribution < -0.4 is 10.6 Å². The molecule has 3 rings (SSSR count). The van der Waals surface area contributed by atoms with Gasteiger partial charge in [0.25, 0.3) is 0 Å². The van der Waals surface area contributed by atoms with Crippen molar-refractivity contribution in [3.63, 3.8) is 0 Å². The second-order valence-electron chi connectivity index (χ2n) is 5.25. The first-order valence-corrected chi connectivity index (χ1v) is 7.75. The summed E-state index contributed by atoms with van der Waals surface area (Å²) in [6, 6.07) is 14.4. The van der Waals surface area contributed by atoms with E-state index in [-0.39, 0.29) is 0 Å². The molecule has 0 saturated carbocycles. The maximum Gasteiger partial charge on any atom is 0.191 e. The van der Waals surface area contributed by atoms with Crippen molar-refractivity contribution in [1.29, 1.82) is 0 Å². The number of fused-ring (bicyclic) bond motifs is 1. The number of aromatic nitrogens is 2. The standard InChI is InChI=1S/C18H21N5/c1-19-18(21-10-13-23-11-4-5-12-23)22-14-17-16-7-3-2-6-15(16)8-9-20-17/h2-9,11-12H,10,13-14H2,1H3,(H2,19,21,22). The van der Waals surface area contributed by atoms with Gasteiger partial charge in [-0.1, -0.05) is 24.3 Å². The van der Waals surface area contributed by atoms with Crippen molar-refractivity contribution >= 4 is 16.7 Å². The van der Waals surface area contributed by atoms with Crippen LogP contribution in [0.25, 0.3) is 10.8 Å². The Morgan fingerprint density at radius 2 is 1.91 bits per heavy atom. The minimum atomic E-state index is 0.643. The molecule has 0 radical (unpaired) electrons. The molecule has 0 atom stereocenters. The summed E-state index contributed by atoms with van der Waals surface area (Å²) in [6.07, 6.45) is 5.96. The van der Waals surface area contributed by atoms with Crippen LogP contribution in [-0.2, 0) is 13.1 Å². The van der Waals surface area contributed by atoms with Crippen molar-refractivity contribution < 1.29 is 0 Å². The van der Waals surface area contributed by atoms with Gasteiger partial charge in [-0.15, -0.1) is 0 Å². The van der Waals surface area contributed by atoms with E-state index in [9.17, 15) is 0 Å². The molecule has 23 heavy (non-hydrogen) atoms. The minimum Gasteiger partial charge on any atom is -0.355 e. The highest BCUT2D eigenvalue weighted by molar-refractivity contribution is 5.85. The Bertz CT molecular complexity index is 772. The van der Waals surface area contributed by atoms with E-state index >= 15 is 0 Å². The Kier molecular flexibility index (Phi) is 4.88. The lowest BCUT2D eigenvalue weighted by atomic mass is 10.1. The van der Waals surface area contributed by atoms with Gasteiger partial charge in [-0.3, -0.25) is 9.98 Å². The molecule has 118 valence electrons. The first-order valence-electron chi connectivity index (χ1n) is 7.75. The number of guanidine groups is 1. The van der Waals surface area contributed by atoms with Crippen molar-refractivity contribution in [3.05, 3.63) is 66.7 Å². The zero-order valence-corrected chi connectivity index (χ0v) is 13.2. The quantitative estimate of drug-likeness (QED) is 0.562. The first-order chi connectivity index (χ1) is 11.4. The van der Waals surface area contributed by atoms with E-state index in [0.717, 1.165) is 24.7 Å². The van der Waals surface area contributed by atoms with Gasteiger partial charge in [0.15, 0.2) is 5.96 Å². The summed E-state index contributed by atoms with van der Waals surface area (Å²) in [4.78, 5) is 8.74. The molecule has 2 N–H and O–H groups in total. The number of hydrogen-bond acceptors (Lipinski definition) is 2. The molecule has 1 aromatic carbocycles. The predicted octanol–water partition coefficient (Wildman–Crippen LogP) is 2.40. The molecule has 5 heteroatoms. The summed E-state index contributed by atoms with van der Waals surface area (Å²) in [7, 11) is 1.78. The molecule has 5 nitrogen and oxygen atoms in total. The molecule has 0 spiro atoms. The Labute approximate surface area is 136 Å². The first kappa shape index (κ1) is 15.1. The van der Waals surface area contributed by atoms with Crippen LogP contribution in [-0.4, -0.2) is 29.1 Å². The molecule has 0 aliphatic rings. The maximum absolute atomic E-state index is 4.48. The Hall–Kier alpha value is -2.82. The number of aliphatic imine (C=N–C) groups is 1. The van der Waals surface area contributed by atoms with Gasteiger partial charge in [0.2, 0.25) is 0 Å². The molecular weight excluding hydrogens is 286 g/mol.